The smallest absolute Gasteiger partial charge is 0.318 e. The van der Waals surface area contributed by atoms with Crippen LogP contribution in [-0.4, -0.2) is 43.1 Å². The van der Waals surface area contributed by atoms with E-state index < -0.39 is 22.5 Å². The van der Waals surface area contributed by atoms with Crippen molar-refractivity contribution in [2.24, 2.45) is 0 Å². The summed E-state index contributed by atoms with van der Waals surface area (Å²) in [6.07, 6.45) is 2.37. The van der Waals surface area contributed by atoms with Crippen LogP contribution in [-0.2, 0) is 14.8 Å². The molecule has 0 aliphatic heterocycles. The zero-order valence-electron chi connectivity index (χ0n) is 11.2. The van der Waals surface area contributed by atoms with Gasteiger partial charge in [-0.3, -0.25) is 4.79 Å². The molecule has 0 saturated heterocycles. The van der Waals surface area contributed by atoms with Crippen LogP contribution in [0.3, 0.4) is 0 Å². The van der Waals surface area contributed by atoms with Crippen molar-refractivity contribution in [1.82, 2.24) is 4.31 Å². The van der Waals surface area contributed by atoms with E-state index in [1.165, 1.54) is 23.9 Å². The van der Waals surface area contributed by atoms with Crippen molar-refractivity contribution < 1.29 is 18.3 Å². The molecule has 0 heterocycles. The Morgan fingerprint density at radius 2 is 2.10 bits per heavy atom. The van der Waals surface area contributed by atoms with Crippen LogP contribution in [0.4, 0.5) is 0 Å². The first kappa shape index (κ1) is 17.3. The van der Waals surface area contributed by atoms with Crippen molar-refractivity contribution in [3.63, 3.8) is 0 Å². The van der Waals surface area contributed by atoms with E-state index in [4.69, 9.17) is 16.7 Å². The van der Waals surface area contributed by atoms with Gasteiger partial charge in [0.2, 0.25) is 10.0 Å². The molecule has 20 heavy (non-hydrogen) atoms. The molecule has 0 radical (unpaired) electrons. The second kappa shape index (κ2) is 7.31. The van der Waals surface area contributed by atoms with Gasteiger partial charge < -0.3 is 5.11 Å². The number of halogens is 1. The minimum absolute atomic E-state index is 0.00926. The Labute approximate surface area is 128 Å². The van der Waals surface area contributed by atoms with Crippen LogP contribution in [0.5, 0.6) is 0 Å². The van der Waals surface area contributed by atoms with Crippen molar-refractivity contribution >= 4 is 39.4 Å². The highest BCUT2D eigenvalue weighted by Gasteiger charge is 2.26. The summed E-state index contributed by atoms with van der Waals surface area (Å²) in [5.41, 5.74) is 0. The number of aliphatic carboxylic acids is 1. The van der Waals surface area contributed by atoms with Gasteiger partial charge in [0.05, 0.1) is 9.92 Å². The van der Waals surface area contributed by atoms with E-state index in [1.54, 1.807) is 13.0 Å². The van der Waals surface area contributed by atoms with Crippen LogP contribution in [0.2, 0.25) is 5.02 Å². The minimum Gasteiger partial charge on any atom is -0.480 e. The van der Waals surface area contributed by atoms with E-state index in [0.717, 1.165) is 9.20 Å². The maximum Gasteiger partial charge on any atom is 0.318 e. The number of sulfonamides is 1. The zero-order valence-corrected chi connectivity index (χ0v) is 13.6. The van der Waals surface area contributed by atoms with E-state index in [1.807, 2.05) is 6.26 Å². The molecule has 8 heteroatoms. The molecular weight excluding hydrogens is 322 g/mol. The first-order valence-electron chi connectivity index (χ1n) is 5.88. The first-order valence-corrected chi connectivity index (χ1v) is 8.92. The topological polar surface area (TPSA) is 74.7 Å². The summed E-state index contributed by atoms with van der Waals surface area (Å²) in [6.45, 7) is 1.38. The zero-order chi connectivity index (χ0) is 15.3. The van der Waals surface area contributed by atoms with Gasteiger partial charge in [0.25, 0.3) is 0 Å². The lowest BCUT2D eigenvalue weighted by Gasteiger charge is -2.20. The molecule has 1 aromatic rings. The van der Waals surface area contributed by atoms with Gasteiger partial charge in [-0.2, -0.15) is 4.31 Å². The number of carboxylic acids is 1. The number of rotatable bonds is 7. The van der Waals surface area contributed by atoms with Gasteiger partial charge in [0, 0.05) is 11.4 Å². The molecule has 0 amide bonds. The van der Waals surface area contributed by atoms with Gasteiger partial charge >= 0.3 is 5.97 Å². The lowest BCUT2D eigenvalue weighted by Crippen LogP contribution is -2.36. The fraction of sp³-hybridized carbons (Fsp3) is 0.417. The third kappa shape index (κ3) is 4.12. The second-order valence-corrected chi connectivity index (χ2v) is 7.22. The molecule has 5 nitrogen and oxygen atoms in total. The molecule has 112 valence electrons. The first-order chi connectivity index (χ1) is 9.32. The van der Waals surface area contributed by atoms with Gasteiger partial charge in [-0.05, 0) is 30.9 Å². The van der Waals surface area contributed by atoms with Crippen LogP contribution in [0.1, 0.15) is 13.3 Å². The maximum absolute atomic E-state index is 12.4. The fourth-order valence-electron chi connectivity index (χ4n) is 1.64. The number of carbonyl (C=O) groups is 1. The SMILES string of the molecule is CCCN(CC(=O)O)S(=O)(=O)c1ccc(SC)c(Cl)c1. The van der Waals surface area contributed by atoms with Crippen molar-refractivity contribution in [1.29, 1.82) is 0 Å². The highest BCUT2D eigenvalue weighted by Crippen LogP contribution is 2.28. The molecule has 1 aromatic carbocycles. The number of benzene rings is 1. The summed E-state index contributed by atoms with van der Waals surface area (Å²) >= 11 is 7.41. The van der Waals surface area contributed by atoms with Gasteiger partial charge in [0.1, 0.15) is 6.54 Å². The van der Waals surface area contributed by atoms with Crippen LogP contribution < -0.4 is 0 Å². The van der Waals surface area contributed by atoms with Crippen LogP contribution >= 0.6 is 23.4 Å². The molecule has 0 bridgehead atoms. The Balaban J connectivity index is 3.18. The van der Waals surface area contributed by atoms with Gasteiger partial charge in [0.15, 0.2) is 0 Å². The van der Waals surface area contributed by atoms with E-state index >= 15 is 0 Å². The Morgan fingerprint density at radius 3 is 2.55 bits per heavy atom. The van der Waals surface area contributed by atoms with Crippen LogP contribution in [0.25, 0.3) is 0 Å². The molecule has 0 unspecified atom stereocenters. The van der Waals surface area contributed by atoms with Gasteiger partial charge in [-0.1, -0.05) is 18.5 Å². The highest BCUT2D eigenvalue weighted by atomic mass is 35.5. The average Bonchev–Trinajstić information content (AvgIpc) is 2.37. The van der Waals surface area contributed by atoms with Crippen molar-refractivity contribution in [3.05, 3.63) is 23.2 Å². The van der Waals surface area contributed by atoms with Crippen molar-refractivity contribution in [3.8, 4) is 0 Å². The quantitative estimate of drug-likeness (QED) is 0.774. The lowest BCUT2D eigenvalue weighted by atomic mass is 10.4. The van der Waals surface area contributed by atoms with E-state index in [2.05, 4.69) is 0 Å². The summed E-state index contributed by atoms with van der Waals surface area (Å²) < 4.78 is 25.8. The Morgan fingerprint density at radius 1 is 1.45 bits per heavy atom. The second-order valence-electron chi connectivity index (χ2n) is 4.03. The number of hydrogen-bond donors (Lipinski definition) is 1. The lowest BCUT2D eigenvalue weighted by molar-refractivity contribution is -0.137. The summed E-state index contributed by atoms with van der Waals surface area (Å²) in [5, 5.41) is 9.16. The molecule has 0 fully saturated rings. The molecule has 0 aliphatic rings. The fourth-order valence-corrected chi connectivity index (χ4v) is 4.08. The predicted molar refractivity (Wildman–Crippen MR) is 79.9 cm³/mol. The summed E-state index contributed by atoms with van der Waals surface area (Å²) in [6, 6.07) is 4.41. The number of carboxylic acid groups (broad SMARTS) is 1. The molecule has 0 aliphatic carbocycles. The number of thioether (sulfide) groups is 1. The normalized spacial score (nSPS) is 11.8. The molecule has 0 aromatic heterocycles. The molecule has 1 N–H and O–H groups in total. The predicted octanol–water partition coefficient (Wildman–Crippen LogP) is 2.55. The number of hydrogen-bond acceptors (Lipinski definition) is 4. The molecule has 0 saturated carbocycles. The van der Waals surface area contributed by atoms with Crippen LogP contribution in [0.15, 0.2) is 28.0 Å². The molecule has 0 atom stereocenters. The van der Waals surface area contributed by atoms with E-state index in [-0.39, 0.29) is 11.4 Å². The van der Waals surface area contributed by atoms with Crippen molar-refractivity contribution in [2.45, 2.75) is 23.1 Å². The molecular formula is C12H16ClNO4S2. The van der Waals surface area contributed by atoms with Crippen molar-refractivity contribution in [2.75, 3.05) is 19.3 Å². The molecule has 0 spiro atoms. The Kier molecular flexibility index (Phi) is 6.32. The highest BCUT2D eigenvalue weighted by molar-refractivity contribution is 7.98. The van der Waals surface area contributed by atoms with Gasteiger partial charge in [-0.25, -0.2) is 8.42 Å². The maximum atomic E-state index is 12.4. The van der Waals surface area contributed by atoms with Gasteiger partial charge in [-0.15, -0.1) is 11.8 Å². The Bertz CT molecular complexity index is 589. The largest absolute Gasteiger partial charge is 0.480 e. The average molecular weight is 338 g/mol. The monoisotopic (exact) mass is 337 g/mol. The number of nitrogens with zero attached hydrogens (tertiary/aromatic N) is 1. The minimum atomic E-state index is -3.85. The van der Waals surface area contributed by atoms with E-state index in [0.29, 0.717) is 11.4 Å². The summed E-state index contributed by atoms with van der Waals surface area (Å²) in [4.78, 5) is 11.6. The Hall–Kier alpha value is -0.760. The summed E-state index contributed by atoms with van der Waals surface area (Å²) in [7, 11) is -3.85. The summed E-state index contributed by atoms with van der Waals surface area (Å²) in [5.74, 6) is -1.19. The third-order valence-corrected chi connectivity index (χ3v) is 5.61. The van der Waals surface area contributed by atoms with Crippen LogP contribution in [0, 0.1) is 0 Å². The standard InChI is InChI=1S/C12H16ClNO4S2/c1-3-6-14(8-12(15)16)20(17,18)9-4-5-11(19-2)10(13)7-9/h4-5,7H,3,6,8H2,1-2H3,(H,15,16). The molecule has 1 rings (SSSR count). The van der Waals surface area contributed by atoms with E-state index in [9.17, 15) is 13.2 Å². The third-order valence-electron chi connectivity index (χ3n) is 2.55.